The molecule has 33 heavy (non-hydrogen) atoms. The lowest BCUT2D eigenvalue weighted by Crippen LogP contribution is -2.55. The van der Waals surface area contributed by atoms with Gasteiger partial charge in [0.05, 0.1) is 6.61 Å². The number of hydrogen-bond donors (Lipinski definition) is 2. The molecule has 0 spiro atoms. The fraction of sp³-hybridized carbons (Fsp3) is 0.840. The topological polar surface area (TPSA) is 85.6 Å². The maximum atomic E-state index is 13.5. The van der Waals surface area contributed by atoms with Gasteiger partial charge in [-0.05, 0) is 73.8 Å². The van der Waals surface area contributed by atoms with E-state index in [9.17, 15) is 4.79 Å². The summed E-state index contributed by atoms with van der Waals surface area (Å²) in [5, 5.41) is 11.4. The molecular weight excluding hydrogens is 438 g/mol. The van der Waals surface area contributed by atoms with Gasteiger partial charge in [0.25, 0.3) is 11.8 Å². The quantitative estimate of drug-likeness (QED) is 0.616. The van der Waals surface area contributed by atoms with Crippen LogP contribution >= 0.6 is 11.8 Å². The van der Waals surface area contributed by atoms with Crippen molar-refractivity contribution in [1.82, 2.24) is 15.8 Å². The molecule has 1 aliphatic heterocycles. The van der Waals surface area contributed by atoms with Crippen molar-refractivity contribution in [2.45, 2.75) is 86.5 Å². The lowest BCUT2D eigenvalue weighted by atomic mass is 9.54. The van der Waals surface area contributed by atoms with E-state index in [1.54, 1.807) is 11.8 Å². The van der Waals surface area contributed by atoms with Crippen LogP contribution in [0.1, 0.15) is 74.8 Å². The van der Waals surface area contributed by atoms with Crippen molar-refractivity contribution in [3.63, 3.8) is 0 Å². The molecule has 6 fully saturated rings. The second-order valence-corrected chi connectivity index (χ2v) is 12.3. The van der Waals surface area contributed by atoms with Crippen LogP contribution in [-0.4, -0.2) is 54.8 Å². The Balaban J connectivity index is 1.17. The van der Waals surface area contributed by atoms with Gasteiger partial charge in [0.1, 0.15) is 17.6 Å². The van der Waals surface area contributed by atoms with E-state index >= 15 is 0 Å². The van der Waals surface area contributed by atoms with E-state index < -0.39 is 0 Å². The van der Waals surface area contributed by atoms with Crippen LogP contribution in [0.15, 0.2) is 9.42 Å². The number of nitrogens with one attached hydrogen (secondary N) is 2. The smallest absolute Gasteiger partial charge is 0.291 e. The average Bonchev–Trinajstić information content (AvgIpc) is 3.23. The number of hydrogen-bond acceptors (Lipinski definition) is 7. The summed E-state index contributed by atoms with van der Waals surface area (Å²) in [6.45, 7) is 2.74. The van der Waals surface area contributed by atoms with Crippen LogP contribution in [0.5, 0.6) is 5.88 Å². The number of aromatic nitrogens is 1. The van der Waals surface area contributed by atoms with Crippen molar-refractivity contribution in [3.8, 4) is 5.88 Å². The molecule has 1 aromatic rings. The van der Waals surface area contributed by atoms with E-state index in [4.69, 9.17) is 14.0 Å². The molecule has 182 valence electrons. The summed E-state index contributed by atoms with van der Waals surface area (Å²) >= 11 is 1.73. The van der Waals surface area contributed by atoms with Crippen molar-refractivity contribution in [2.75, 3.05) is 26.3 Å². The standard InChI is InChI=1S/C25H37N3O4S/c29-24(27-21-17-9-15-8-16(11-17)12-18(21)10-15)22-23(33-20-4-2-1-3-5-20)25(28-32-22)31-14-19-13-26-6-7-30-19/h15-21,26H,1-14H2,(H,27,29). The third-order valence-electron chi connectivity index (χ3n) is 8.60. The second kappa shape index (κ2) is 9.78. The number of amides is 1. The van der Waals surface area contributed by atoms with E-state index in [2.05, 4.69) is 15.8 Å². The van der Waals surface area contributed by atoms with Crippen molar-refractivity contribution < 1.29 is 18.8 Å². The van der Waals surface area contributed by atoms with Gasteiger partial charge in [-0.15, -0.1) is 11.8 Å². The summed E-state index contributed by atoms with van der Waals surface area (Å²) in [4.78, 5) is 14.3. The van der Waals surface area contributed by atoms with Gasteiger partial charge < -0.3 is 24.6 Å². The first-order chi connectivity index (χ1) is 16.2. The first-order valence-corrected chi connectivity index (χ1v) is 14.0. The monoisotopic (exact) mass is 475 g/mol. The van der Waals surface area contributed by atoms with Crippen molar-refractivity contribution in [3.05, 3.63) is 5.76 Å². The molecule has 1 saturated heterocycles. The summed E-state index contributed by atoms with van der Waals surface area (Å²) in [5.41, 5.74) is 0. The predicted octanol–water partition coefficient (Wildman–Crippen LogP) is 4.02. The summed E-state index contributed by atoms with van der Waals surface area (Å²) in [6.07, 6.45) is 12.7. The first-order valence-electron chi connectivity index (χ1n) is 13.1. The molecule has 1 aromatic heterocycles. The normalized spacial score (nSPS) is 36.1. The Kier molecular flexibility index (Phi) is 6.59. The van der Waals surface area contributed by atoms with Crippen LogP contribution in [0.25, 0.3) is 0 Å². The third kappa shape index (κ3) is 4.80. The van der Waals surface area contributed by atoms with Gasteiger partial charge in [-0.2, -0.15) is 0 Å². The van der Waals surface area contributed by atoms with Crippen molar-refractivity contribution in [2.24, 2.45) is 23.7 Å². The number of nitrogens with zero attached hydrogens (tertiary/aromatic N) is 1. The molecule has 8 heteroatoms. The van der Waals surface area contributed by atoms with E-state index in [1.807, 2.05) is 0 Å². The maximum absolute atomic E-state index is 13.5. The fourth-order valence-corrected chi connectivity index (χ4v) is 8.57. The minimum absolute atomic E-state index is 0.00620. The molecule has 2 N–H and O–H groups in total. The van der Waals surface area contributed by atoms with Crippen LogP contribution < -0.4 is 15.4 Å². The first kappa shape index (κ1) is 22.2. The van der Waals surface area contributed by atoms with Crippen LogP contribution in [0.2, 0.25) is 0 Å². The molecule has 4 bridgehead atoms. The lowest BCUT2D eigenvalue weighted by molar-refractivity contribution is -0.0124. The minimum Gasteiger partial charge on any atom is -0.472 e. The second-order valence-electron chi connectivity index (χ2n) is 11.0. The molecule has 1 unspecified atom stereocenters. The van der Waals surface area contributed by atoms with Gasteiger partial charge >= 0.3 is 0 Å². The van der Waals surface area contributed by atoms with Crippen LogP contribution in [-0.2, 0) is 4.74 Å². The average molecular weight is 476 g/mol. The molecule has 1 amide bonds. The Morgan fingerprint density at radius 1 is 1.09 bits per heavy atom. The summed E-state index contributed by atoms with van der Waals surface area (Å²) in [5.74, 6) is 3.74. The Labute approximate surface area is 200 Å². The van der Waals surface area contributed by atoms with Gasteiger partial charge in [0.2, 0.25) is 5.76 Å². The Bertz CT molecular complexity index is 806. The Morgan fingerprint density at radius 3 is 2.55 bits per heavy atom. The Hall–Kier alpha value is -1.25. The van der Waals surface area contributed by atoms with Crippen LogP contribution in [0.3, 0.4) is 0 Å². The minimum atomic E-state index is -0.108. The highest BCUT2D eigenvalue weighted by atomic mass is 32.2. The highest BCUT2D eigenvalue weighted by Crippen LogP contribution is 2.53. The number of thioether (sulfide) groups is 1. The number of rotatable bonds is 7. The predicted molar refractivity (Wildman–Crippen MR) is 126 cm³/mol. The fourth-order valence-electron chi connectivity index (χ4n) is 7.23. The highest BCUT2D eigenvalue weighted by Gasteiger charge is 2.49. The highest BCUT2D eigenvalue weighted by molar-refractivity contribution is 8.00. The summed E-state index contributed by atoms with van der Waals surface area (Å²) in [6, 6.07) is 0.286. The number of morpholine rings is 1. The number of ether oxygens (including phenoxy) is 2. The number of carbonyl (C=O) groups excluding carboxylic acids is 1. The SMILES string of the molecule is O=C(NC1C2CC3CC(C2)CC1C3)c1onc(OCC2CNCCO2)c1SC1CCCCC1. The third-order valence-corrected chi connectivity index (χ3v) is 10.00. The number of carbonyl (C=O) groups is 1. The molecule has 7 nitrogen and oxygen atoms in total. The summed E-state index contributed by atoms with van der Waals surface area (Å²) < 4.78 is 17.5. The van der Waals surface area contributed by atoms with Gasteiger partial charge in [-0.3, -0.25) is 4.79 Å². The van der Waals surface area contributed by atoms with E-state index in [-0.39, 0.29) is 18.1 Å². The van der Waals surface area contributed by atoms with Gasteiger partial charge in [0.15, 0.2) is 0 Å². The Morgan fingerprint density at radius 2 is 1.85 bits per heavy atom. The molecule has 1 atom stereocenters. The maximum Gasteiger partial charge on any atom is 0.291 e. The molecule has 2 heterocycles. The molecule has 6 aliphatic rings. The molecule has 5 aliphatic carbocycles. The van der Waals surface area contributed by atoms with E-state index in [0.29, 0.717) is 41.9 Å². The van der Waals surface area contributed by atoms with Gasteiger partial charge in [-0.1, -0.05) is 19.3 Å². The lowest BCUT2D eigenvalue weighted by Gasteiger charge is -2.54. The van der Waals surface area contributed by atoms with Gasteiger partial charge in [0, 0.05) is 24.4 Å². The zero-order valence-corrected chi connectivity index (χ0v) is 20.2. The van der Waals surface area contributed by atoms with Crippen LogP contribution in [0.4, 0.5) is 0 Å². The molecular formula is C25H37N3O4S. The zero-order valence-electron chi connectivity index (χ0n) is 19.4. The largest absolute Gasteiger partial charge is 0.472 e. The molecule has 5 saturated carbocycles. The molecule has 0 radical (unpaired) electrons. The zero-order chi connectivity index (χ0) is 22.2. The van der Waals surface area contributed by atoms with E-state index in [1.165, 1.54) is 64.2 Å². The van der Waals surface area contributed by atoms with Crippen LogP contribution in [0, 0.1) is 23.7 Å². The molecule has 0 aromatic carbocycles. The van der Waals surface area contributed by atoms with E-state index in [0.717, 1.165) is 29.8 Å². The molecule has 7 rings (SSSR count). The van der Waals surface area contributed by atoms with Crippen molar-refractivity contribution in [1.29, 1.82) is 0 Å². The van der Waals surface area contributed by atoms with Gasteiger partial charge in [-0.25, -0.2) is 0 Å². The summed E-state index contributed by atoms with van der Waals surface area (Å²) in [7, 11) is 0. The van der Waals surface area contributed by atoms with Crippen molar-refractivity contribution >= 4 is 17.7 Å².